The molecular weight excluding hydrogens is 340 g/mol. The average Bonchev–Trinajstić information content (AvgIpc) is 3.03. The van der Waals surface area contributed by atoms with E-state index in [1.54, 1.807) is 17.5 Å². The van der Waals surface area contributed by atoms with Gasteiger partial charge < -0.3 is 16.2 Å². The second kappa shape index (κ2) is 6.68. The number of thiophene rings is 1. The molecule has 1 atom stereocenters. The van der Waals surface area contributed by atoms with Crippen LogP contribution in [0.1, 0.15) is 40.7 Å². The predicted octanol–water partition coefficient (Wildman–Crippen LogP) is 2.53. The minimum atomic E-state index is -1.25. The number of carbonyl (C=O) groups excluding carboxylic acids is 2. The zero-order valence-electron chi connectivity index (χ0n) is 13.5. The molecule has 4 N–H and O–H groups in total. The van der Waals surface area contributed by atoms with Gasteiger partial charge in [0, 0.05) is 6.42 Å². The molecule has 7 heteroatoms. The van der Waals surface area contributed by atoms with E-state index in [0.29, 0.717) is 23.4 Å². The fourth-order valence-corrected chi connectivity index (χ4v) is 4.26. The summed E-state index contributed by atoms with van der Waals surface area (Å²) in [5.74, 6) is -2.08. The van der Waals surface area contributed by atoms with Gasteiger partial charge in [0.2, 0.25) is 5.91 Å². The number of rotatable bonds is 5. The number of carboxylic acids is 1. The summed E-state index contributed by atoms with van der Waals surface area (Å²) in [7, 11) is 0. The number of carbonyl (C=O) groups is 3. The van der Waals surface area contributed by atoms with Gasteiger partial charge in [-0.25, -0.2) is 0 Å². The van der Waals surface area contributed by atoms with E-state index < -0.39 is 23.2 Å². The van der Waals surface area contributed by atoms with E-state index in [2.05, 4.69) is 5.32 Å². The molecule has 0 fully saturated rings. The lowest BCUT2D eigenvalue weighted by molar-refractivity contribution is -0.146. The van der Waals surface area contributed by atoms with Gasteiger partial charge in [0.15, 0.2) is 0 Å². The van der Waals surface area contributed by atoms with Crippen molar-refractivity contribution in [3.8, 4) is 0 Å². The Morgan fingerprint density at radius 2 is 2.00 bits per heavy atom. The predicted molar refractivity (Wildman–Crippen MR) is 94.8 cm³/mol. The van der Waals surface area contributed by atoms with Crippen molar-refractivity contribution in [3.63, 3.8) is 0 Å². The van der Waals surface area contributed by atoms with Gasteiger partial charge in [-0.3, -0.25) is 14.4 Å². The fraction of sp³-hybridized carbons (Fsp3) is 0.278. The molecule has 0 bridgehead atoms. The van der Waals surface area contributed by atoms with Crippen molar-refractivity contribution in [2.75, 3.05) is 5.32 Å². The van der Waals surface area contributed by atoms with Gasteiger partial charge in [-0.15, -0.1) is 11.3 Å². The normalized spacial score (nSPS) is 19.0. The molecule has 25 heavy (non-hydrogen) atoms. The molecule has 1 unspecified atom stereocenters. The molecule has 2 aromatic rings. The van der Waals surface area contributed by atoms with Gasteiger partial charge in [0.1, 0.15) is 10.4 Å². The van der Waals surface area contributed by atoms with Crippen molar-refractivity contribution in [3.05, 3.63) is 52.4 Å². The zero-order valence-corrected chi connectivity index (χ0v) is 14.3. The number of benzene rings is 1. The lowest BCUT2D eigenvalue weighted by Gasteiger charge is -2.35. The van der Waals surface area contributed by atoms with Crippen LogP contribution in [0.25, 0.3) is 0 Å². The van der Waals surface area contributed by atoms with E-state index in [1.165, 1.54) is 17.4 Å². The molecule has 0 saturated heterocycles. The third-order valence-electron chi connectivity index (χ3n) is 4.64. The third-order valence-corrected chi connectivity index (χ3v) is 5.47. The first-order valence-electron chi connectivity index (χ1n) is 7.93. The lowest BCUT2D eigenvalue weighted by atomic mass is 9.68. The van der Waals surface area contributed by atoms with Crippen molar-refractivity contribution < 1.29 is 19.5 Å². The zero-order chi connectivity index (χ0) is 18.0. The first-order valence-corrected chi connectivity index (χ1v) is 8.81. The average molecular weight is 358 g/mol. The number of fused-ring (bicyclic) bond motifs is 1. The van der Waals surface area contributed by atoms with Crippen LogP contribution in [0, 0.1) is 0 Å². The maximum atomic E-state index is 12.6. The number of hydrogen-bond acceptors (Lipinski definition) is 4. The highest BCUT2D eigenvalue weighted by Gasteiger charge is 2.45. The van der Waals surface area contributed by atoms with Gasteiger partial charge >= 0.3 is 5.97 Å². The van der Waals surface area contributed by atoms with Crippen LogP contribution in [-0.4, -0.2) is 22.9 Å². The molecule has 1 aliphatic rings. The standard InChI is InChI=1S/C18H18N2O4S/c19-15(22)12-7-9-25-16(12)20-14(21)10-18(17(23)24)8-3-5-11-4-1-2-6-13(11)18/h1-2,4,6-7,9H,3,5,8,10H2,(H2,19,22)(H,20,21)(H,23,24). The van der Waals surface area contributed by atoms with E-state index >= 15 is 0 Å². The molecule has 1 aromatic carbocycles. The van der Waals surface area contributed by atoms with E-state index in [1.807, 2.05) is 12.1 Å². The monoisotopic (exact) mass is 358 g/mol. The highest BCUT2D eigenvalue weighted by atomic mass is 32.1. The van der Waals surface area contributed by atoms with Gasteiger partial charge in [-0.1, -0.05) is 24.3 Å². The first-order chi connectivity index (χ1) is 11.9. The molecule has 0 saturated carbocycles. The number of nitrogens with two attached hydrogens (primary N) is 1. The summed E-state index contributed by atoms with van der Waals surface area (Å²) < 4.78 is 0. The first kappa shape index (κ1) is 17.2. The second-order valence-corrected chi connectivity index (χ2v) is 7.07. The number of nitrogens with one attached hydrogen (secondary N) is 1. The summed E-state index contributed by atoms with van der Waals surface area (Å²) in [5, 5.41) is 14.5. The molecule has 6 nitrogen and oxygen atoms in total. The summed E-state index contributed by atoms with van der Waals surface area (Å²) in [4.78, 5) is 36.0. The molecule has 1 aromatic heterocycles. The Hall–Kier alpha value is -2.67. The number of primary amides is 1. The van der Waals surface area contributed by atoms with Gasteiger partial charge in [0.05, 0.1) is 5.56 Å². The van der Waals surface area contributed by atoms with Gasteiger partial charge in [0.25, 0.3) is 5.91 Å². The molecule has 0 radical (unpaired) electrons. The second-order valence-electron chi connectivity index (χ2n) is 6.15. The smallest absolute Gasteiger partial charge is 0.314 e. The summed E-state index contributed by atoms with van der Waals surface area (Å²) in [6, 6.07) is 8.90. The molecular formula is C18H18N2O4S. The molecule has 0 spiro atoms. The topological polar surface area (TPSA) is 109 Å². The van der Waals surface area contributed by atoms with Crippen LogP contribution >= 0.6 is 11.3 Å². The molecule has 0 aliphatic heterocycles. The van der Waals surface area contributed by atoms with E-state index in [9.17, 15) is 19.5 Å². The summed E-state index contributed by atoms with van der Waals surface area (Å²) >= 11 is 1.18. The minimum Gasteiger partial charge on any atom is -0.481 e. The molecule has 3 rings (SSSR count). The van der Waals surface area contributed by atoms with Gasteiger partial charge in [-0.05, 0) is 41.8 Å². The van der Waals surface area contributed by atoms with E-state index in [0.717, 1.165) is 12.0 Å². The van der Waals surface area contributed by atoms with E-state index in [-0.39, 0.29) is 12.0 Å². The Morgan fingerprint density at radius 1 is 1.24 bits per heavy atom. The molecule has 130 valence electrons. The van der Waals surface area contributed by atoms with Crippen LogP contribution in [0.15, 0.2) is 35.7 Å². The third kappa shape index (κ3) is 3.15. The number of amides is 2. The lowest BCUT2D eigenvalue weighted by Crippen LogP contribution is -2.42. The van der Waals surface area contributed by atoms with E-state index in [4.69, 9.17) is 5.73 Å². The minimum absolute atomic E-state index is 0.185. The van der Waals surface area contributed by atoms with Crippen molar-refractivity contribution in [2.24, 2.45) is 5.73 Å². The highest BCUT2D eigenvalue weighted by molar-refractivity contribution is 7.14. The van der Waals surface area contributed by atoms with Gasteiger partial charge in [-0.2, -0.15) is 0 Å². The number of aliphatic carboxylic acids is 1. The Kier molecular flexibility index (Phi) is 4.59. The Balaban J connectivity index is 1.89. The maximum absolute atomic E-state index is 12.6. The molecule has 1 aliphatic carbocycles. The number of anilines is 1. The SMILES string of the molecule is NC(=O)c1ccsc1NC(=O)CC1(C(=O)O)CCCc2ccccc21. The van der Waals surface area contributed by atoms with Crippen LogP contribution in [-0.2, 0) is 21.4 Å². The quantitative estimate of drug-likeness (QED) is 0.763. The Labute approximate surface area is 148 Å². The van der Waals surface area contributed by atoms with Crippen molar-refractivity contribution >= 4 is 34.1 Å². The largest absolute Gasteiger partial charge is 0.481 e. The number of hydrogen-bond donors (Lipinski definition) is 3. The molecule has 1 heterocycles. The fourth-order valence-electron chi connectivity index (χ4n) is 3.45. The molecule has 2 amide bonds. The van der Waals surface area contributed by atoms with Crippen molar-refractivity contribution in [1.82, 2.24) is 0 Å². The number of carboxylic acid groups (broad SMARTS) is 1. The van der Waals surface area contributed by atoms with Crippen LogP contribution in [0.5, 0.6) is 0 Å². The van der Waals surface area contributed by atoms with Crippen molar-refractivity contribution in [2.45, 2.75) is 31.1 Å². The van der Waals surface area contributed by atoms with Crippen molar-refractivity contribution in [1.29, 1.82) is 0 Å². The summed E-state index contributed by atoms with van der Waals surface area (Å²) in [5.41, 5.74) is 5.93. The van der Waals surface area contributed by atoms with Crippen LogP contribution in [0.2, 0.25) is 0 Å². The van der Waals surface area contributed by atoms with Crippen LogP contribution in [0.4, 0.5) is 5.00 Å². The Bertz CT molecular complexity index is 845. The Morgan fingerprint density at radius 3 is 2.72 bits per heavy atom. The summed E-state index contributed by atoms with van der Waals surface area (Å²) in [6.07, 6.45) is 1.74. The number of aryl methyl sites for hydroxylation is 1. The highest BCUT2D eigenvalue weighted by Crippen LogP contribution is 2.40. The maximum Gasteiger partial charge on any atom is 0.314 e. The summed E-state index contributed by atoms with van der Waals surface area (Å²) in [6.45, 7) is 0. The van der Waals surface area contributed by atoms with Crippen LogP contribution in [0.3, 0.4) is 0 Å². The van der Waals surface area contributed by atoms with Crippen LogP contribution < -0.4 is 11.1 Å².